The van der Waals surface area contributed by atoms with E-state index in [0.29, 0.717) is 34.8 Å². The van der Waals surface area contributed by atoms with Crippen LogP contribution in [0.5, 0.6) is 11.5 Å². The Balaban J connectivity index is 1.54. The van der Waals surface area contributed by atoms with Crippen LogP contribution in [0.1, 0.15) is 16.9 Å². The van der Waals surface area contributed by atoms with Gasteiger partial charge < -0.3 is 19.2 Å². The van der Waals surface area contributed by atoms with Crippen molar-refractivity contribution in [2.24, 2.45) is 0 Å². The van der Waals surface area contributed by atoms with Gasteiger partial charge >= 0.3 is 0 Å². The van der Waals surface area contributed by atoms with Crippen molar-refractivity contribution in [3.05, 3.63) is 87.8 Å². The monoisotopic (exact) mass is 480 g/mol. The van der Waals surface area contributed by atoms with Gasteiger partial charge in [-0.3, -0.25) is 4.79 Å². The zero-order valence-corrected chi connectivity index (χ0v) is 18.5. The summed E-state index contributed by atoms with van der Waals surface area (Å²) < 4.78 is 17.3. The predicted octanol–water partition coefficient (Wildman–Crippen LogP) is 5.03. The number of aryl methyl sites for hydroxylation is 1. The molecule has 1 heterocycles. The molecule has 0 fully saturated rings. The molecule has 31 heavy (non-hydrogen) atoms. The maximum absolute atomic E-state index is 12.2. The number of hydrogen-bond donors (Lipinski definition) is 1. The van der Waals surface area contributed by atoms with Gasteiger partial charge in [0.2, 0.25) is 0 Å². The maximum Gasteiger partial charge on any atom is 0.262 e. The van der Waals surface area contributed by atoms with Crippen LogP contribution in [0.4, 0.5) is 0 Å². The van der Waals surface area contributed by atoms with Gasteiger partial charge in [0, 0.05) is 0 Å². The second-order valence-electron chi connectivity index (χ2n) is 6.64. The van der Waals surface area contributed by atoms with Crippen molar-refractivity contribution in [2.75, 3.05) is 13.2 Å². The van der Waals surface area contributed by atoms with E-state index in [1.54, 1.807) is 30.3 Å². The molecule has 0 spiro atoms. The lowest BCUT2D eigenvalue weighted by Gasteiger charge is -2.10. The molecule has 0 atom stereocenters. The van der Waals surface area contributed by atoms with Crippen molar-refractivity contribution < 1.29 is 18.7 Å². The lowest BCUT2D eigenvalue weighted by Crippen LogP contribution is -2.23. The summed E-state index contributed by atoms with van der Waals surface area (Å²) in [5.41, 5.74) is 1.83. The van der Waals surface area contributed by atoms with Crippen LogP contribution in [-0.2, 0) is 11.3 Å². The number of nitrogens with zero attached hydrogens (tertiary/aromatic N) is 1. The molecule has 0 aliphatic rings. The van der Waals surface area contributed by atoms with Gasteiger partial charge in [-0.25, -0.2) is 0 Å². The molecule has 1 N–H and O–H groups in total. The van der Waals surface area contributed by atoms with Crippen molar-refractivity contribution in [3.8, 4) is 17.6 Å². The molecule has 1 aromatic heterocycles. The van der Waals surface area contributed by atoms with E-state index >= 15 is 0 Å². The SMILES string of the molecule is Cc1cccc(OCCOc2ccc(/C=C(\C#N)C(=O)NCc3ccco3)cc2Br)c1. The highest BCUT2D eigenvalue weighted by Gasteiger charge is 2.10. The third kappa shape index (κ3) is 6.76. The summed E-state index contributed by atoms with van der Waals surface area (Å²) in [4.78, 5) is 12.2. The second-order valence-corrected chi connectivity index (χ2v) is 7.49. The summed E-state index contributed by atoms with van der Waals surface area (Å²) in [7, 11) is 0. The van der Waals surface area contributed by atoms with Gasteiger partial charge in [0.15, 0.2) is 0 Å². The zero-order valence-electron chi connectivity index (χ0n) is 16.9. The molecule has 158 valence electrons. The van der Waals surface area contributed by atoms with E-state index in [4.69, 9.17) is 13.9 Å². The van der Waals surface area contributed by atoms with E-state index in [2.05, 4.69) is 21.2 Å². The number of ether oxygens (including phenoxy) is 2. The minimum atomic E-state index is -0.469. The van der Waals surface area contributed by atoms with Crippen LogP contribution in [0.25, 0.3) is 6.08 Å². The van der Waals surface area contributed by atoms with Gasteiger partial charge in [0.1, 0.15) is 42.1 Å². The summed E-state index contributed by atoms with van der Waals surface area (Å²) in [5.74, 6) is 1.59. The average molecular weight is 481 g/mol. The number of halogens is 1. The Hall–Kier alpha value is -3.50. The Morgan fingerprint density at radius 1 is 1.16 bits per heavy atom. The van der Waals surface area contributed by atoms with Crippen LogP contribution in [-0.4, -0.2) is 19.1 Å². The van der Waals surface area contributed by atoms with Crippen molar-refractivity contribution in [1.29, 1.82) is 5.26 Å². The Kier molecular flexibility index (Phi) is 7.91. The first-order chi connectivity index (χ1) is 15.0. The lowest BCUT2D eigenvalue weighted by atomic mass is 10.1. The van der Waals surface area contributed by atoms with Crippen LogP contribution in [0, 0.1) is 18.3 Å². The highest BCUT2D eigenvalue weighted by Crippen LogP contribution is 2.27. The normalized spacial score (nSPS) is 10.9. The molecule has 0 aliphatic carbocycles. The molecular formula is C24H21BrN2O4. The third-order valence-corrected chi connectivity index (χ3v) is 4.85. The van der Waals surface area contributed by atoms with Gasteiger partial charge in [-0.1, -0.05) is 18.2 Å². The summed E-state index contributed by atoms with van der Waals surface area (Å²) in [6.07, 6.45) is 3.05. The first-order valence-electron chi connectivity index (χ1n) is 9.59. The Labute approximate surface area is 189 Å². The fraction of sp³-hybridized carbons (Fsp3) is 0.167. The van der Waals surface area contributed by atoms with Crippen LogP contribution in [0.15, 0.2) is 75.3 Å². The molecule has 6 nitrogen and oxygen atoms in total. The summed E-state index contributed by atoms with van der Waals surface area (Å²) in [6.45, 7) is 3.01. The minimum Gasteiger partial charge on any atom is -0.490 e. The van der Waals surface area contributed by atoms with Gasteiger partial charge in [0.05, 0.1) is 17.3 Å². The highest BCUT2D eigenvalue weighted by atomic mass is 79.9. The number of benzene rings is 2. The number of nitrogens with one attached hydrogen (secondary N) is 1. The van der Waals surface area contributed by atoms with Crippen LogP contribution in [0.2, 0.25) is 0 Å². The van der Waals surface area contributed by atoms with Crippen LogP contribution in [0.3, 0.4) is 0 Å². The van der Waals surface area contributed by atoms with Gasteiger partial charge in [-0.15, -0.1) is 0 Å². The van der Waals surface area contributed by atoms with Crippen molar-refractivity contribution in [3.63, 3.8) is 0 Å². The second kappa shape index (κ2) is 11.0. The smallest absolute Gasteiger partial charge is 0.262 e. The number of amides is 1. The largest absolute Gasteiger partial charge is 0.490 e. The van der Waals surface area contributed by atoms with Crippen molar-refractivity contribution in [1.82, 2.24) is 5.32 Å². The molecular weight excluding hydrogens is 460 g/mol. The minimum absolute atomic E-state index is 0.00122. The van der Waals surface area contributed by atoms with Gasteiger partial charge in [-0.2, -0.15) is 5.26 Å². The van der Waals surface area contributed by atoms with E-state index in [0.717, 1.165) is 11.3 Å². The number of nitriles is 1. The quantitative estimate of drug-likeness (QED) is 0.263. The Morgan fingerprint density at radius 2 is 2.00 bits per heavy atom. The Morgan fingerprint density at radius 3 is 2.71 bits per heavy atom. The maximum atomic E-state index is 12.2. The number of rotatable bonds is 9. The summed E-state index contributed by atoms with van der Waals surface area (Å²) in [6, 6.07) is 18.6. The predicted molar refractivity (Wildman–Crippen MR) is 120 cm³/mol. The van der Waals surface area contributed by atoms with Crippen LogP contribution < -0.4 is 14.8 Å². The number of hydrogen-bond acceptors (Lipinski definition) is 5. The number of carbonyl (C=O) groups is 1. The fourth-order valence-corrected chi connectivity index (χ4v) is 3.24. The Bertz CT molecular complexity index is 1100. The highest BCUT2D eigenvalue weighted by molar-refractivity contribution is 9.10. The van der Waals surface area contributed by atoms with Crippen molar-refractivity contribution >= 4 is 27.9 Å². The standard InChI is InChI=1S/C24H21BrN2O4/c1-17-4-2-5-20(12-17)30-10-11-31-23-8-7-18(14-22(23)25)13-19(15-26)24(28)27-16-21-6-3-9-29-21/h2-9,12-14H,10-11,16H2,1H3,(H,27,28)/b19-13+. The van der Waals surface area contributed by atoms with E-state index < -0.39 is 5.91 Å². The first-order valence-corrected chi connectivity index (χ1v) is 10.4. The van der Waals surface area contributed by atoms with Crippen molar-refractivity contribution in [2.45, 2.75) is 13.5 Å². The number of furan rings is 1. The molecule has 2 aromatic carbocycles. The molecule has 0 saturated carbocycles. The molecule has 3 aromatic rings. The average Bonchev–Trinajstić information content (AvgIpc) is 3.28. The molecule has 7 heteroatoms. The molecule has 0 radical (unpaired) electrons. The molecule has 0 bridgehead atoms. The molecule has 3 rings (SSSR count). The molecule has 0 saturated heterocycles. The third-order valence-electron chi connectivity index (χ3n) is 4.23. The molecule has 1 amide bonds. The van der Waals surface area contributed by atoms with Gasteiger partial charge in [-0.05, 0) is 76.5 Å². The van der Waals surface area contributed by atoms with Crippen LogP contribution >= 0.6 is 15.9 Å². The fourth-order valence-electron chi connectivity index (χ4n) is 2.73. The topological polar surface area (TPSA) is 84.5 Å². The van der Waals surface area contributed by atoms with E-state index in [1.165, 1.54) is 12.3 Å². The summed E-state index contributed by atoms with van der Waals surface area (Å²) in [5, 5.41) is 12.0. The van der Waals surface area contributed by atoms with Gasteiger partial charge in [0.25, 0.3) is 5.91 Å². The van der Waals surface area contributed by atoms with E-state index in [1.807, 2.05) is 37.3 Å². The zero-order chi connectivity index (χ0) is 22.1. The lowest BCUT2D eigenvalue weighted by molar-refractivity contribution is -0.117. The number of carbonyl (C=O) groups excluding carboxylic acids is 1. The molecule has 0 aliphatic heterocycles. The first kappa shape index (κ1) is 22.2. The summed E-state index contributed by atoms with van der Waals surface area (Å²) >= 11 is 3.47. The van der Waals surface area contributed by atoms with E-state index in [9.17, 15) is 10.1 Å². The van der Waals surface area contributed by atoms with E-state index in [-0.39, 0.29) is 12.1 Å². The molecule has 0 unspecified atom stereocenters.